The smallest absolute Gasteiger partial charge is 0.341 e. The Morgan fingerprint density at radius 1 is 0.892 bits per heavy atom. The van der Waals surface area contributed by atoms with Crippen LogP contribution in [0.3, 0.4) is 0 Å². The fourth-order valence-corrected chi connectivity index (χ4v) is 8.39. The maximum atomic E-state index is 13.8. The van der Waals surface area contributed by atoms with Crippen molar-refractivity contribution in [3.63, 3.8) is 0 Å². The van der Waals surface area contributed by atoms with Crippen LogP contribution < -0.4 is 5.32 Å². The number of aliphatic carboxylic acids is 1. The molecule has 0 saturated heterocycles. The first-order chi connectivity index (χ1) is 17.8. The Hall–Kier alpha value is -2.15. The first-order valence-corrected chi connectivity index (χ1v) is 15.2. The second kappa shape index (κ2) is 12.6. The van der Waals surface area contributed by atoms with Crippen LogP contribution in [0.25, 0.3) is 0 Å². The van der Waals surface area contributed by atoms with E-state index in [1.807, 2.05) is 13.8 Å². The second-order valence-electron chi connectivity index (χ2n) is 11.2. The molecule has 7 heteroatoms. The van der Waals surface area contributed by atoms with E-state index < -0.39 is 17.8 Å². The zero-order valence-electron chi connectivity index (χ0n) is 22.7. The zero-order valence-corrected chi connectivity index (χ0v) is 23.5. The maximum absolute atomic E-state index is 13.8. The molecule has 2 saturated carbocycles. The summed E-state index contributed by atoms with van der Waals surface area (Å²) in [6.07, 6.45) is 14.1. The van der Waals surface area contributed by atoms with Gasteiger partial charge in [0.15, 0.2) is 0 Å². The molecule has 1 aromatic heterocycles. The highest BCUT2D eigenvalue weighted by Gasteiger charge is 2.57. The lowest BCUT2D eigenvalue weighted by atomic mass is 9.78. The number of anilines is 1. The van der Waals surface area contributed by atoms with Gasteiger partial charge in [0.25, 0.3) is 0 Å². The molecular formula is C30H43NO5S. The zero-order chi connectivity index (χ0) is 26.5. The fourth-order valence-electron chi connectivity index (χ4n) is 7.11. The van der Waals surface area contributed by atoms with Crippen molar-refractivity contribution in [2.45, 2.75) is 104 Å². The number of carboxylic acid groups (broad SMARTS) is 1. The minimum Gasteiger partial charge on any atom is -0.481 e. The minimum atomic E-state index is -0.897. The molecule has 1 amide bonds. The van der Waals surface area contributed by atoms with Gasteiger partial charge in [0.1, 0.15) is 5.00 Å². The van der Waals surface area contributed by atoms with Gasteiger partial charge in [0.2, 0.25) is 5.91 Å². The summed E-state index contributed by atoms with van der Waals surface area (Å²) in [6, 6.07) is 0. The molecule has 4 atom stereocenters. The number of hydrogen-bond donors (Lipinski definition) is 2. The highest BCUT2D eigenvalue weighted by molar-refractivity contribution is 7.17. The van der Waals surface area contributed by atoms with E-state index in [1.165, 1.54) is 54.7 Å². The molecule has 2 fully saturated rings. The van der Waals surface area contributed by atoms with Crippen LogP contribution in [0.5, 0.6) is 0 Å². The number of esters is 1. The SMILES string of the molecule is CCOC(=O)c1c(NC(=O)[C@H]2[C@H](C(=O)O)[C@H]3CC[C@H]2C3=C(C)C)sc2c1CCCCCCCCCCC2. The van der Waals surface area contributed by atoms with E-state index >= 15 is 0 Å². The van der Waals surface area contributed by atoms with Gasteiger partial charge in [-0.2, -0.15) is 0 Å². The number of allylic oxidation sites excluding steroid dienone is 2. The van der Waals surface area contributed by atoms with Crippen LogP contribution in [-0.4, -0.2) is 29.6 Å². The molecule has 2 bridgehead atoms. The third-order valence-electron chi connectivity index (χ3n) is 8.64. The van der Waals surface area contributed by atoms with Crippen molar-refractivity contribution in [1.29, 1.82) is 0 Å². The molecule has 3 aliphatic rings. The summed E-state index contributed by atoms with van der Waals surface area (Å²) >= 11 is 1.50. The van der Waals surface area contributed by atoms with E-state index in [4.69, 9.17) is 4.74 Å². The average Bonchev–Trinajstić information content (AvgIpc) is 3.52. The molecule has 6 nitrogen and oxygen atoms in total. The van der Waals surface area contributed by atoms with Crippen molar-refractivity contribution >= 4 is 34.2 Å². The van der Waals surface area contributed by atoms with Crippen molar-refractivity contribution in [3.8, 4) is 0 Å². The van der Waals surface area contributed by atoms with Gasteiger partial charge in [-0.3, -0.25) is 9.59 Å². The highest BCUT2D eigenvalue weighted by atomic mass is 32.1. The molecule has 3 aliphatic carbocycles. The Labute approximate surface area is 225 Å². The van der Waals surface area contributed by atoms with E-state index in [9.17, 15) is 19.5 Å². The van der Waals surface area contributed by atoms with E-state index in [1.54, 1.807) is 6.92 Å². The Morgan fingerprint density at radius 2 is 1.46 bits per heavy atom. The molecule has 0 aromatic carbocycles. The van der Waals surface area contributed by atoms with Crippen molar-refractivity contribution in [2.24, 2.45) is 23.7 Å². The fraction of sp³-hybridized carbons (Fsp3) is 0.700. The van der Waals surface area contributed by atoms with Crippen LogP contribution in [0.15, 0.2) is 11.1 Å². The molecule has 1 heterocycles. The monoisotopic (exact) mass is 529 g/mol. The lowest BCUT2D eigenvalue weighted by Crippen LogP contribution is -2.38. The van der Waals surface area contributed by atoms with Crippen LogP contribution in [0.1, 0.15) is 112 Å². The van der Waals surface area contributed by atoms with E-state index in [0.717, 1.165) is 61.7 Å². The highest BCUT2D eigenvalue weighted by Crippen LogP contribution is 2.57. The lowest BCUT2D eigenvalue weighted by Gasteiger charge is -2.26. The molecule has 2 N–H and O–H groups in total. The van der Waals surface area contributed by atoms with Gasteiger partial charge >= 0.3 is 11.9 Å². The minimum absolute atomic E-state index is 0.0356. The van der Waals surface area contributed by atoms with Gasteiger partial charge in [-0.1, -0.05) is 56.1 Å². The largest absolute Gasteiger partial charge is 0.481 e. The number of amides is 1. The van der Waals surface area contributed by atoms with Crippen LogP contribution in [0, 0.1) is 23.7 Å². The summed E-state index contributed by atoms with van der Waals surface area (Å²) in [5.41, 5.74) is 3.83. The van der Waals surface area contributed by atoms with E-state index in [2.05, 4.69) is 5.32 Å². The summed E-state index contributed by atoms with van der Waals surface area (Å²) in [6.45, 7) is 6.12. The standard InChI is InChI=1S/C30H43NO5S/c1-4-36-30(35)26-19-14-12-10-8-6-5-7-9-11-13-15-22(19)37-28(26)31-27(32)24-20-16-17-21(23(20)18(2)3)25(24)29(33)34/h20-21,24-25H,4-17H2,1-3H3,(H,31,32)(H,33,34)/t20-,21-,24+,25+/m0/s1. The van der Waals surface area contributed by atoms with Crippen LogP contribution in [0.4, 0.5) is 5.00 Å². The first-order valence-electron chi connectivity index (χ1n) is 14.4. The number of thiophene rings is 1. The molecule has 4 rings (SSSR count). The van der Waals surface area contributed by atoms with Crippen molar-refractivity contribution < 1.29 is 24.2 Å². The maximum Gasteiger partial charge on any atom is 0.341 e. The van der Waals surface area contributed by atoms with Crippen molar-refractivity contribution in [2.75, 3.05) is 11.9 Å². The number of carbonyl (C=O) groups excluding carboxylic acids is 2. The number of carbonyl (C=O) groups is 3. The Morgan fingerprint density at radius 3 is 2.03 bits per heavy atom. The van der Waals surface area contributed by atoms with E-state index in [0.29, 0.717) is 10.6 Å². The van der Waals surface area contributed by atoms with Gasteiger partial charge in [-0.05, 0) is 76.7 Å². The Bertz CT molecular complexity index is 1040. The quantitative estimate of drug-likeness (QED) is 0.312. The molecule has 0 spiro atoms. The van der Waals surface area contributed by atoms with Crippen molar-refractivity contribution in [3.05, 3.63) is 27.2 Å². The molecule has 0 aliphatic heterocycles. The molecule has 1 aromatic rings. The van der Waals surface area contributed by atoms with Gasteiger partial charge in [-0.25, -0.2) is 4.79 Å². The first kappa shape index (κ1) is 27.9. The number of fused-ring (bicyclic) bond motifs is 3. The van der Waals surface area contributed by atoms with E-state index in [-0.39, 0.29) is 30.3 Å². The number of aryl methyl sites for hydroxylation is 1. The number of nitrogens with one attached hydrogen (secondary N) is 1. The number of carboxylic acids is 1. The third-order valence-corrected chi connectivity index (χ3v) is 9.85. The predicted octanol–water partition coefficient (Wildman–Crippen LogP) is 7.17. The topological polar surface area (TPSA) is 92.7 Å². The molecule has 204 valence electrons. The number of hydrogen-bond acceptors (Lipinski definition) is 5. The average molecular weight is 530 g/mol. The summed E-state index contributed by atoms with van der Waals surface area (Å²) in [5.74, 6) is -2.97. The summed E-state index contributed by atoms with van der Waals surface area (Å²) in [7, 11) is 0. The molecule has 0 unspecified atom stereocenters. The lowest BCUT2D eigenvalue weighted by molar-refractivity contribution is -0.148. The Balaban J connectivity index is 1.65. The van der Waals surface area contributed by atoms with Crippen LogP contribution in [0.2, 0.25) is 0 Å². The van der Waals surface area contributed by atoms with Crippen LogP contribution >= 0.6 is 11.3 Å². The van der Waals surface area contributed by atoms with Gasteiger partial charge in [-0.15, -0.1) is 11.3 Å². The van der Waals surface area contributed by atoms with Gasteiger partial charge in [0, 0.05) is 4.88 Å². The number of rotatable bonds is 5. The van der Waals surface area contributed by atoms with Crippen LogP contribution in [-0.2, 0) is 27.2 Å². The summed E-state index contributed by atoms with van der Waals surface area (Å²) < 4.78 is 5.46. The van der Waals surface area contributed by atoms with Gasteiger partial charge in [0.05, 0.1) is 24.0 Å². The predicted molar refractivity (Wildman–Crippen MR) is 147 cm³/mol. The van der Waals surface area contributed by atoms with Gasteiger partial charge < -0.3 is 15.2 Å². The van der Waals surface area contributed by atoms with Crippen molar-refractivity contribution in [1.82, 2.24) is 0 Å². The molecule has 37 heavy (non-hydrogen) atoms. The summed E-state index contributed by atoms with van der Waals surface area (Å²) in [4.78, 5) is 40.4. The normalized spacial score (nSPS) is 26.4. The third kappa shape index (κ3) is 5.97. The Kier molecular flexibility index (Phi) is 9.49. The molecule has 0 radical (unpaired) electrons. The molecular weight excluding hydrogens is 486 g/mol. The number of ether oxygens (including phenoxy) is 1. The second-order valence-corrected chi connectivity index (χ2v) is 12.3. The summed E-state index contributed by atoms with van der Waals surface area (Å²) in [5, 5.41) is 13.7.